The second-order valence-electron chi connectivity index (χ2n) is 5.73. The fourth-order valence-electron chi connectivity index (χ4n) is 2.55. The van der Waals surface area contributed by atoms with Crippen molar-refractivity contribution in [2.45, 2.75) is 13.1 Å². The zero-order valence-corrected chi connectivity index (χ0v) is 15.7. The second-order valence-corrected chi connectivity index (χ2v) is 5.73. The number of allylic oxidation sites excluding steroid dienone is 2. The van der Waals surface area contributed by atoms with Crippen LogP contribution in [0.25, 0.3) is 0 Å². The van der Waals surface area contributed by atoms with Crippen molar-refractivity contribution in [2.24, 2.45) is 0 Å². The van der Waals surface area contributed by atoms with Gasteiger partial charge in [0.05, 0.1) is 36.7 Å². The Bertz CT molecular complexity index is 932. The summed E-state index contributed by atoms with van der Waals surface area (Å²) in [4.78, 5) is 37.2. The number of ether oxygens (including phenoxy) is 2. The minimum absolute atomic E-state index is 0.0114. The Balaban J connectivity index is 2.81. The monoisotopic (exact) mass is 410 g/mol. The number of carbonyl (C=O) groups excluding carboxylic acids is 3. The van der Waals surface area contributed by atoms with Gasteiger partial charge < -0.3 is 19.7 Å². The predicted octanol–water partition coefficient (Wildman–Crippen LogP) is 3.15. The standard InChI is InChI=1S/C19H17F3N2O5/c1-11(25)23-14-8-7-12(19(20,21)22)10-15(14)24-9-5-4-6-13(17(26)28-2)16(24)18(27)29-3/h4-10H,1-3H3,(H,23,25). The molecule has 2 rings (SSSR count). The third-order valence-corrected chi connectivity index (χ3v) is 3.78. The van der Waals surface area contributed by atoms with E-state index in [0.717, 1.165) is 37.3 Å². The molecule has 0 unspecified atom stereocenters. The fraction of sp³-hybridized carbons (Fsp3) is 0.211. The van der Waals surface area contributed by atoms with Gasteiger partial charge in [-0.3, -0.25) is 4.79 Å². The number of nitrogens with one attached hydrogen (secondary N) is 1. The number of rotatable bonds is 4. The highest BCUT2D eigenvalue weighted by Gasteiger charge is 2.34. The van der Waals surface area contributed by atoms with Gasteiger partial charge in [0.1, 0.15) is 5.70 Å². The van der Waals surface area contributed by atoms with Gasteiger partial charge >= 0.3 is 18.1 Å². The molecule has 154 valence electrons. The summed E-state index contributed by atoms with van der Waals surface area (Å²) in [6, 6.07) is 2.59. The highest BCUT2D eigenvalue weighted by Crippen LogP contribution is 2.38. The number of halogens is 3. The molecule has 7 nitrogen and oxygen atoms in total. The van der Waals surface area contributed by atoms with Crippen LogP contribution in [0.5, 0.6) is 0 Å². The number of amides is 1. The van der Waals surface area contributed by atoms with E-state index in [1.165, 1.54) is 31.4 Å². The summed E-state index contributed by atoms with van der Waals surface area (Å²) in [6.45, 7) is 1.18. The maximum atomic E-state index is 13.3. The maximum absolute atomic E-state index is 13.3. The van der Waals surface area contributed by atoms with Gasteiger partial charge in [-0.15, -0.1) is 0 Å². The first-order valence-electron chi connectivity index (χ1n) is 8.14. The number of methoxy groups -OCH3 is 2. The largest absolute Gasteiger partial charge is 0.465 e. The molecule has 0 aliphatic carbocycles. The molecule has 1 amide bonds. The molecule has 0 saturated heterocycles. The van der Waals surface area contributed by atoms with Crippen molar-refractivity contribution in [3.63, 3.8) is 0 Å². The van der Waals surface area contributed by atoms with Crippen LogP contribution in [0.3, 0.4) is 0 Å². The van der Waals surface area contributed by atoms with E-state index >= 15 is 0 Å². The second kappa shape index (κ2) is 8.63. The molecule has 1 aliphatic heterocycles. The van der Waals surface area contributed by atoms with Crippen molar-refractivity contribution in [3.8, 4) is 0 Å². The van der Waals surface area contributed by atoms with E-state index in [0.29, 0.717) is 0 Å². The Hall–Kier alpha value is -3.56. The van der Waals surface area contributed by atoms with Crippen LogP contribution in [-0.2, 0) is 30.0 Å². The first-order valence-corrected chi connectivity index (χ1v) is 8.14. The van der Waals surface area contributed by atoms with E-state index in [2.05, 4.69) is 10.1 Å². The van der Waals surface area contributed by atoms with Crippen molar-refractivity contribution in [1.82, 2.24) is 0 Å². The molecule has 1 aliphatic rings. The Morgan fingerprint density at radius 1 is 1.03 bits per heavy atom. The Morgan fingerprint density at radius 3 is 2.24 bits per heavy atom. The number of hydrogen-bond acceptors (Lipinski definition) is 6. The minimum atomic E-state index is -4.68. The summed E-state index contributed by atoms with van der Waals surface area (Å²) >= 11 is 0. The molecule has 0 spiro atoms. The van der Waals surface area contributed by atoms with Crippen LogP contribution in [-0.4, -0.2) is 32.1 Å². The molecule has 0 fully saturated rings. The van der Waals surface area contributed by atoms with Gasteiger partial charge in [0.15, 0.2) is 0 Å². The smallest absolute Gasteiger partial charge is 0.416 e. The number of esters is 2. The molecule has 1 heterocycles. The van der Waals surface area contributed by atoms with Gasteiger partial charge in [-0.05, 0) is 30.4 Å². The van der Waals surface area contributed by atoms with Gasteiger partial charge in [-0.2, -0.15) is 13.2 Å². The molecule has 1 aromatic rings. The molecule has 1 aromatic carbocycles. The van der Waals surface area contributed by atoms with Crippen LogP contribution in [0.15, 0.2) is 53.9 Å². The van der Waals surface area contributed by atoms with E-state index in [4.69, 9.17) is 4.74 Å². The Kier molecular flexibility index (Phi) is 6.47. The zero-order chi connectivity index (χ0) is 21.8. The van der Waals surface area contributed by atoms with Crippen LogP contribution in [0, 0.1) is 0 Å². The SMILES string of the molecule is COC(=O)C1=C(C(=O)OC)N(c2cc(C(F)(F)F)ccc2NC(C)=O)C=CC=C1. The van der Waals surface area contributed by atoms with E-state index in [9.17, 15) is 27.6 Å². The number of benzene rings is 1. The lowest BCUT2D eigenvalue weighted by Gasteiger charge is -2.26. The van der Waals surface area contributed by atoms with E-state index < -0.39 is 29.6 Å². The van der Waals surface area contributed by atoms with Gasteiger partial charge in [0, 0.05) is 13.1 Å². The minimum Gasteiger partial charge on any atom is -0.465 e. The topological polar surface area (TPSA) is 84.9 Å². The van der Waals surface area contributed by atoms with Crippen molar-refractivity contribution < 1.29 is 37.0 Å². The normalized spacial score (nSPS) is 13.8. The van der Waals surface area contributed by atoms with Gasteiger partial charge in [0.2, 0.25) is 5.91 Å². The van der Waals surface area contributed by atoms with E-state index in [-0.39, 0.29) is 22.6 Å². The third kappa shape index (κ3) is 4.84. The highest BCUT2D eigenvalue weighted by atomic mass is 19.4. The quantitative estimate of drug-likeness (QED) is 0.768. The predicted molar refractivity (Wildman–Crippen MR) is 97.6 cm³/mol. The molecule has 1 N–H and O–H groups in total. The van der Waals surface area contributed by atoms with Gasteiger partial charge in [-0.25, -0.2) is 9.59 Å². The molecule has 0 bridgehead atoms. The van der Waals surface area contributed by atoms with Crippen molar-refractivity contribution in [2.75, 3.05) is 24.4 Å². The molecular formula is C19H17F3N2O5. The maximum Gasteiger partial charge on any atom is 0.416 e. The van der Waals surface area contributed by atoms with Crippen molar-refractivity contribution in [3.05, 3.63) is 59.5 Å². The number of nitrogens with zero attached hydrogens (tertiary/aromatic N) is 1. The third-order valence-electron chi connectivity index (χ3n) is 3.78. The first kappa shape index (κ1) is 21.7. The number of hydrogen-bond donors (Lipinski definition) is 1. The van der Waals surface area contributed by atoms with Crippen LogP contribution >= 0.6 is 0 Å². The zero-order valence-electron chi connectivity index (χ0n) is 15.7. The summed E-state index contributed by atoms with van der Waals surface area (Å²) in [7, 11) is 2.15. The lowest BCUT2D eigenvalue weighted by molar-refractivity contribution is -0.139. The van der Waals surface area contributed by atoms with Crippen LogP contribution in [0.1, 0.15) is 12.5 Å². The van der Waals surface area contributed by atoms with Crippen LogP contribution < -0.4 is 10.2 Å². The molecular weight excluding hydrogens is 393 g/mol. The summed E-state index contributed by atoms with van der Waals surface area (Å²) in [5.74, 6) is -2.43. The van der Waals surface area contributed by atoms with Crippen molar-refractivity contribution in [1.29, 1.82) is 0 Å². The van der Waals surface area contributed by atoms with Crippen molar-refractivity contribution >= 4 is 29.2 Å². The highest BCUT2D eigenvalue weighted by molar-refractivity contribution is 6.06. The number of alkyl halides is 3. The molecule has 0 saturated carbocycles. The summed E-state index contributed by atoms with van der Waals surface area (Å²) < 4.78 is 49.2. The molecule has 10 heteroatoms. The Labute approximate surface area is 164 Å². The summed E-state index contributed by atoms with van der Waals surface area (Å²) in [6.07, 6.45) is 0.648. The molecule has 0 aromatic heterocycles. The average molecular weight is 410 g/mol. The van der Waals surface area contributed by atoms with Gasteiger partial charge in [0.25, 0.3) is 0 Å². The van der Waals surface area contributed by atoms with E-state index in [1.54, 1.807) is 0 Å². The molecule has 29 heavy (non-hydrogen) atoms. The average Bonchev–Trinajstić information content (AvgIpc) is 2.88. The Morgan fingerprint density at radius 2 is 1.69 bits per heavy atom. The number of carbonyl (C=O) groups is 3. The van der Waals surface area contributed by atoms with Gasteiger partial charge in [-0.1, -0.05) is 6.08 Å². The summed E-state index contributed by atoms with van der Waals surface area (Å²) in [5.41, 5.74) is -1.85. The van der Waals surface area contributed by atoms with E-state index in [1.807, 2.05) is 0 Å². The fourth-order valence-corrected chi connectivity index (χ4v) is 2.55. The van der Waals surface area contributed by atoms with Crippen LogP contribution in [0.4, 0.5) is 24.5 Å². The lowest BCUT2D eigenvalue weighted by Crippen LogP contribution is -2.28. The first-order chi connectivity index (χ1) is 13.6. The summed E-state index contributed by atoms with van der Waals surface area (Å²) in [5, 5.41) is 2.41. The lowest BCUT2D eigenvalue weighted by atomic mass is 10.1. The van der Waals surface area contributed by atoms with Crippen LogP contribution in [0.2, 0.25) is 0 Å². The molecule has 0 radical (unpaired) electrons. The number of anilines is 2. The molecule has 0 atom stereocenters.